The minimum atomic E-state index is -0.771. The minimum absolute atomic E-state index is 0.321. The average Bonchev–Trinajstić information content (AvgIpc) is 2.85. The van der Waals surface area contributed by atoms with E-state index in [4.69, 9.17) is 4.74 Å². The van der Waals surface area contributed by atoms with Gasteiger partial charge in [-0.3, -0.25) is 0 Å². The summed E-state index contributed by atoms with van der Waals surface area (Å²) < 4.78 is 18.8. The third kappa shape index (κ3) is 3.52. The lowest BCUT2D eigenvalue weighted by molar-refractivity contribution is 0.189. The monoisotopic (exact) mass is 281 g/mol. The quantitative estimate of drug-likeness (QED) is 0.912. The highest BCUT2D eigenvalue weighted by atomic mass is 32.1. The van der Waals surface area contributed by atoms with Gasteiger partial charge in [-0.05, 0) is 31.5 Å². The maximum absolute atomic E-state index is 13.1. The number of benzene rings is 1. The van der Waals surface area contributed by atoms with Gasteiger partial charge in [-0.2, -0.15) is 0 Å². The molecule has 1 heterocycles. The number of nitrogens with zero attached hydrogens (tertiary/aromatic N) is 1. The normalized spacial score (nSPS) is 12.4. The van der Waals surface area contributed by atoms with E-state index >= 15 is 0 Å². The Morgan fingerprint density at radius 3 is 2.89 bits per heavy atom. The van der Waals surface area contributed by atoms with Crippen LogP contribution in [0.4, 0.5) is 4.39 Å². The first-order valence-corrected chi connectivity index (χ1v) is 7.01. The number of halogens is 1. The molecule has 102 valence electrons. The summed E-state index contributed by atoms with van der Waals surface area (Å²) in [5.74, 6) is 0.104. The molecule has 0 unspecified atom stereocenters. The molecule has 0 amide bonds. The summed E-state index contributed by atoms with van der Waals surface area (Å²) in [6.45, 7) is 3.95. The van der Waals surface area contributed by atoms with E-state index in [2.05, 4.69) is 11.9 Å². The van der Waals surface area contributed by atoms with Crippen molar-refractivity contribution in [2.45, 2.75) is 33.0 Å². The van der Waals surface area contributed by atoms with E-state index in [1.807, 2.05) is 5.38 Å². The molecule has 3 nitrogen and oxygen atoms in total. The molecule has 0 saturated heterocycles. The predicted octanol–water partition coefficient (Wildman–Crippen LogP) is 3.48. The molecule has 1 aromatic carbocycles. The Bertz CT molecular complexity index is 554. The third-order valence-corrected chi connectivity index (χ3v) is 3.74. The van der Waals surface area contributed by atoms with Gasteiger partial charge in [0.05, 0.1) is 16.8 Å². The van der Waals surface area contributed by atoms with Crippen LogP contribution in [-0.2, 0) is 13.0 Å². The molecule has 1 atom stereocenters. The highest BCUT2D eigenvalue weighted by Crippen LogP contribution is 2.26. The van der Waals surface area contributed by atoms with Crippen LogP contribution < -0.4 is 4.74 Å². The van der Waals surface area contributed by atoms with E-state index in [9.17, 15) is 9.50 Å². The van der Waals surface area contributed by atoms with Crippen molar-refractivity contribution in [2.75, 3.05) is 0 Å². The summed E-state index contributed by atoms with van der Waals surface area (Å²) in [4.78, 5) is 4.39. The summed E-state index contributed by atoms with van der Waals surface area (Å²) in [5, 5.41) is 12.6. The number of hydrogen-bond acceptors (Lipinski definition) is 4. The number of aliphatic hydroxyl groups is 1. The van der Waals surface area contributed by atoms with Crippen molar-refractivity contribution in [3.8, 4) is 5.75 Å². The fourth-order valence-electron chi connectivity index (χ4n) is 1.71. The Labute approximate surface area is 115 Å². The lowest BCUT2D eigenvalue weighted by atomic mass is 10.1. The second-order valence-corrected chi connectivity index (χ2v) is 5.18. The second-order valence-electron chi connectivity index (χ2n) is 4.23. The molecule has 0 aliphatic heterocycles. The number of aromatic nitrogens is 1. The Hall–Kier alpha value is -1.46. The number of hydrogen-bond donors (Lipinski definition) is 1. The standard InChI is InChI=1S/C14H16FNO2S/c1-3-14-16-11(8-19-14)7-18-13-5-4-10(15)6-12(13)9(2)17/h4-6,8-9,17H,3,7H2,1-2H3/t9-/m0/s1. The van der Waals surface area contributed by atoms with Gasteiger partial charge in [0.1, 0.15) is 18.2 Å². The van der Waals surface area contributed by atoms with Crippen molar-refractivity contribution in [1.82, 2.24) is 4.98 Å². The van der Waals surface area contributed by atoms with Gasteiger partial charge in [0.2, 0.25) is 0 Å². The first-order chi connectivity index (χ1) is 9.10. The van der Waals surface area contributed by atoms with Crippen LogP contribution in [0.3, 0.4) is 0 Å². The molecular weight excluding hydrogens is 265 g/mol. The Kier molecular flexibility index (Phi) is 4.50. The molecular formula is C14H16FNO2S. The van der Waals surface area contributed by atoms with Crippen LogP contribution >= 0.6 is 11.3 Å². The second kappa shape index (κ2) is 6.12. The molecule has 0 aliphatic carbocycles. The highest BCUT2D eigenvalue weighted by Gasteiger charge is 2.11. The number of aliphatic hydroxyl groups excluding tert-OH is 1. The topological polar surface area (TPSA) is 42.4 Å². The van der Waals surface area contributed by atoms with Crippen LogP contribution in [0.25, 0.3) is 0 Å². The maximum Gasteiger partial charge on any atom is 0.131 e. The van der Waals surface area contributed by atoms with Gasteiger partial charge >= 0.3 is 0 Å². The zero-order valence-electron chi connectivity index (χ0n) is 10.9. The number of aryl methyl sites for hydroxylation is 1. The summed E-state index contributed by atoms with van der Waals surface area (Å²) >= 11 is 1.60. The molecule has 2 aromatic rings. The lowest BCUT2D eigenvalue weighted by Crippen LogP contribution is -2.02. The number of ether oxygens (including phenoxy) is 1. The van der Waals surface area contributed by atoms with Crippen LogP contribution in [0.5, 0.6) is 5.75 Å². The fraction of sp³-hybridized carbons (Fsp3) is 0.357. The molecule has 0 radical (unpaired) electrons. The van der Waals surface area contributed by atoms with E-state index in [1.165, 1.54) is 18.2 Å². The Balaban J connectivity index is 2.10. The van der Waals surface area contributed by atoms with Gasteiger partial charge in [0.15, 0.2) is 0 Å². The van der Waals surface area contributed by atoms with Crippen LogP contribution in [-0.4, -0.2) is 10.1 Å². The van der Waals surface area contributed by atoms with Crippen molar-refractivity contribution in [1.29, 1.82) is 0 Å². The molecule has 0 saturated carbocycles. The van der Waals surface area contributed by atoms with Crippen LogP contribution in [0.2, 0.25) is 0 Å². The smallest absolute Gasteiger partial charge is 0.131 e. The zero-order valence-corrected chi connectivity index (χ0v) is 11.7. The van der Waals surface area contributed by atoms with E-state index in [0.717, 1.165) is 17.1 Å². The molecule has 0 spiro atoms. The molecule has 1 aromatic heterocycles. The SMILES string of the molecule is CCc1nc(COc2ccc(F)cc2[C@H](C)O)cs1. The van der Waals surface area contributed by atoms with Crippen molar-refractivity contribution >= 4 is 11.3 Å². The Morgan fingerprint density at radius 1 is 1.47 bits per heavy atom. The lowest BCUT2D eigenvalue weighted by Gasteiger charge is -2.12. The first-order valence-electron chi connectivity index (χ1n) is 6.13. The van der Waals surface area contributed by atoms with Gasteiger partial charge in [-0.1, -0.05) is 6.92 Å². The van der Waals surface area contributed by atoms with Crippen LogP contribution in [0, 0.1) is 5.82 Å². The summed E-state index contributed by atoms with van der Waals surface area (Å²) in [6, 6.07) is 4.14. The van der Waals surface area contributed by atoms with E-state index in [0.29, 0.717) is 17.9 Å². The van der Waals surface area contributed by atoms with Crippen LogP contribution in [0.15, 0.2) is 23.6 Å². The van der Waals surface area contributed by atoms with E-state index in [1.54, 1.807) is 18.3 Å². The molecule has 19 heavy (non-hydrogen) atoms. The summed E-state index contributed by atoms with van der Waals surface area (Å²) in [7, 11) is 0. The predicted molar refractivity (Wildman–Crippen MR) is 72.9 cm³/mol. The average molecular weight is 281 g/mol. The van der Waals surface area contributed by atoms with E-state index in [-0.39, 0.29) is 5.82 Å². The van der Waals surface area contributed by atoms with Crippen molar-refractivity contribution in [3.63, 3.8) is 0 Å². The molecule has 0 bridgehead atoms. The zero-order chi connectivity index (χ0) is 13.8. The summed E-state index contributed by atoms with van der Waals surface area (Å²) in [5.41, 5.74) is 1.30. The van der Waals surface area contributed by atoms with Gasteiger partial charge in [0.25, 0.3) is 0 Å². The van der Waals surface area contributed by atoms with E-state index < -0.39 is 6.10 Å². The molecule has 0 fully saturated rings. The largest absolute Gasteiger partial charge is 0.487 e. The number of rotatable bonds is 5. The van der Waals surface area contributed by atoms with Crippen molar-refractivity contribution in [2.24, 2.45) is 0 Å². The maximum atomic E-state index is 13.1. The molecule has 5 heteroatoms. The summed E-state index contributed by atoms with van der Waals surface area (Å²) in [6.07, 6.45) is 0.132. The van der Waals surface area contributed by atoms with Gasteiger partial charge in [0, 0.05) is 10.9 Å². The first kappa shape index (κ1) is 14.0. The van der Waals surface area contributed by atoms with Crippen molar-refractivity contribution in [3.05, 3.63) is 45.7 Å². The van der Waals surface area contributed by atoms with Gasteiger partial charge in [-0.15, -0.1) is 11.3 Å². The Morgan fingerprint density at radius 2 is 2.26 bits per heavy atom. The number of thiazole rings is 1. The van der Waals surface area contributed by atoms with Gasteiger partial charge in [-0.25, -0.2) is 9.37 Å². The fourth-order valence-corrected chi connectivity index (χ4v) is 2.44. The highest BCUT2D eigenvalue weighted by molar-refractivity contribution is 7.09. The van der Waals surface area contributed by atoms with Crippen molar-refractivity contribution < 1.29 is 14.2 Å². The third-order valence-electron chi connectivity index (χ3n) is 2.70. The molecule has 0 aliphatic rings. The molecule has 1 N–H and O–H groups in total. The molecule has 2 rings (SSSR count). The van der Waals surface area contributed by atoms with Gasteiger partial charge < -0.3 is 9.84 Å². The minimum Gasteiger partial charge on any atom is -0.487 e. The van der Waals surface area contributed by atoms with Crippen LogP contribution in [0.1, 0.15) is 36.2 Å².